The van der Waals surface area contributed by atoms with Crippen molar-refractivity contribution in [3.63, 3.8) is 0 Å². The Balaban J connectivity index is 1.36. The lowest BCUT2D eigenvalue weighted by Gasteiger charge is -2.28. The average Bonchev–Trinajstić information content (AvgIpc) is 3.47. The van der Waals surface area contributed by atoms with Crippen molar-refractivity contribution in [2.75, 3.05) is 48.1 Å². The van der Waals surface area contributed by atoms with Gasteiger partial charge in [-0.2, -0.15) is 0 Å². The van der Waals surface area contributed by atoms with Crippen LogP contribution in [-0.4, -0.2) is 80.8 Å². The highest BCUT2D eigenvalue weighted by Crippen LogP contribution is 2.38. The molecule has 3 amide bonds. The number of nitrogens with zero attached hydrogens (tertiary/aromatic N) is 3. The molecule has 11 nitrogen and oxygen atoms in total. The number of fused-ring (bicyclic) bond motifs is 1. The lowest BCUT2D eigenvalue weighted by atomic mass is 10.1. The second-order valence-electron chi connectivity index (χ2n) is 8.84. The number of nitrogens with one attached hydrogen (secondary N) is 1. The summed E-state index contributed by atoms with van der Waals surface area (Å²) in [5.74, 6) is 0.921. The van der Waals surface area contributed by atoms with Crippen LogP contribution in [0, 0.1) is 0 Å². The minimum absolute atomic E-state index is 0.148. The average molecular weight is 537 g/mol. The molecule has 1 aromatic heterocycles. The zero-order valence-corrected chi connectivity index (χ0v) is 22.5. The van der Waals surface area contributed by atoms with E-state index in [1.807, 2.05) is 18.2 Å². The summed E-state index contributed by atoms with van der Waals surface area (Å²) >= 11 is 0. The Morgan fingerprint density at radius 3 is 2.21 bits per heavy atom. The highest BCUT2D eigenvalue weighted by atomic mass is 16.5. The third-order valence-corrected chi connectivity index (χ3v) is 6.47. The van der Waals surface area contributed by atoms with Gasteiger partial charge in [-0.25, -0.2) is 15.0 Å². The number of carbonyl (C=O) groups is 3. The van der Waals surface area contributed by atoms with E-state index in [9.17, 15) is 14.4 Å². The fourth-order valence-electron chi connectivity index (χ4n) is 4.53. The normalized spacial score (nSPS) is 12.8. The van der Waals surface area contributed by atoms with E-state index < -0.39 is 5.91 Å². The summed E-state index contributed by atoms with van der Waals surface area (Å²) in [6, 6.07) is 12.5. The maximum absolute atomic E-state index is 13.3. The Bertz CT molecular complexity index is 1350. The first-order valence-corrected chi connectivity index (χ1v) is 12.5. The number of amides is 3. The summed E-state index contributed by atoms with van der Waals surface area (Å²) in [6.07, 6.45) is 1.17. The molecule has 0 aliphatic carbocycles. The molecule has 1 fully saturated rings. The summed E-state index contributed by atoms with van der Waals surface area (Å²) in [5, 5.41) is 6.19. The molecule has 3 aromatic rings. The molecule has 0 spiro atoms. The van der Waals surface area contributed by atoms with E-state index in [1.165, 1.54) is 38.5 Å². The Morgan fingerprint density at radius 1 is 0.872 bits per heavy atom. The van der Waals surface area contributed by atoms with Crippen LogP contribution in [0.3, 0.4) is 0 Å². The van der Waals surface area contributed by atoms with Crippen LogP contribution in [-0.2, 0) is 16.0 Å². The van der Waals surface area contributed by atoms with Crippen LogP contribution in [0.4, 0.5) is 0 Å². The third-order valence-electron chi connectivity index (χ3n) is 6.47. The topological polar surface area (TPSA) is 120 Å². The van der Waals surface area contributed by atoms with Crippen molar-refractivity contribution in [2.45, 2.75) is 19.3 Å². The number of hydrazine groups is 1. The van der Waals surface area contributed by atoms with Crippen LogP contribution >= 0.6 is 0 Å². The van der Waals surface area contributed by atoms with Crippen molar-refractivity contribution in [1.82, 2.24) is 20.3 Å². The largest absolute Gasteiger partial charge is 0.496 e. The summed E-state index contributed by atoms with van der Waals surface area (Å²) in [5.41, 5.74) is 1.62. The smallest absolute Gasteiger partial charge is 0.291 e. The number of para-hydroxylation sites is 1. The number of ether oxygens (including phenoxy) is 4. The van der Waals surface area contributed by atoms with Gasteiger partial charge in [0.15, 0.2) is 11.5 Å². The van der Waals surface area contributed by atoms with Crippen LogP contribution in [0.25, 0.3) is 10.9 Å². The van der Waals surface area contributed by atoms with Crippen molar-refractivity contribution in [1.29, 1.82) is 0 Å². The number of rotatable bonds is 10. The molecule has 11 heteroatoms. The van der Waals surface area contributed by atoms with E-state index in [-0.39, 0.29) is 30.5 Å². The Hall–Kier alpha value is -4.54. The molecule has 0 saturated carbocycles. The van der Waals surface area contributed by atoms with Gasteiger partial charge in [-0.3, -0.25) is 14.4 Å². The third kappa shape index (κ3) is 5.97. The molecule has 1 aliphatic heterocycles. The lowest BCUT2D eigenvalue weighted by Crippen LogP contribution is -2.48. The van der Waals surface area contributed by atoms with Gasteiger partial charge >= 0.3 is 0 Å². The summed E-state index contributed by atoms with van der Waals surface area (Å²) in [7, 11) is 6.11. The minimum Gasteiger partial charge on any atom is -0.496 e. The fourth-order valence-corrected chi connectivity index (χ4v) is 4.53. The van der Waals surface area contributed by atoms with Gasteiger partial charge in [0.25, 0.3) is 11.8 Å². The summed E-state index contributed by atoms with van der Waals surface area (Å²) < 4.78 is 21.5. The number of aromatic nitrogens is 1. The van der Waals surface area contributed by atoms with Gasteiger partial charge in [-0.15, -0.1) is 0 Å². The molecule has 1 N–H and O–H groups in total. The van der Waals surface area contributed by atoms with Gasteiger partial charge < -0.3 is 24.3 Å². The number of benzene rings is 2. The second kappa shape index (κ2) is 12.3. The summed E-state index contributed by atoms with van der Waals surface area (Å²) in [4.78, 5) is 43.3. The predicted octanol–water partition coefficient (Wildman–Crippen LogP) is 2.61. The zero-order valence-electron chi connectivity index (χ0n) is 22.5. The Morgan fingerprint density at radius 2 is 1.54 bits per heavy atom. The number of aryl methyl sites for hydroxylation is 1. The van der Waals surface area contributed by atoms with E-state index in [0.717, 1.165) is 10.9 Å². The molecule has 4 rings (SSSR count). The van der Waals surface area contributed by atoms with Gasteiger partial charge in [0.05, 0.1) is 40.5 Å². The van der Waals surface area contributed by atoms with Gasteiger partial charge in [0.1, 0.15) is 11.4 Å². The number of hydrogen-bond acceptors (Lipinski definition) is 8. The maximum atomic E-state index is 13.3. The maximum Gasteiger partial charge on any atom is 0.291 e. The van der Waals surface area contributed by atoms with Crippen LogP contribution < -0.4 is 24.3 Å². The van der Waals surface area contributed by atoms with Crippen molar-refractivity contribution in [3.05, 3.63) is 53.7 Å². The van der Waals surface area contributed by atoms with E-state index in [1.54, 1.807) is 24.3 Å². The highest BCUT2D eigenvalue weighted by Gasteiger charge is 2.32. The molecule has 0 unspecified atom stereocenters. The Labute approximate surface area is 226 Å². The van der Waals surface area contributed by atoms with Crippen molar-refractivity contribution < 1.29 is 33.3 Å². The molecular formula is C28H32N4O7. The number of carbonyl (C=O) groups excluding carboxylic acids is 3. The number of methoxy groups -OCH3 is 4. The SMILES string of the molecule is COc1cc(CCC(=O)NCC(=O)N2CCCN2C(=O)c2cc(OC)c3ccccc3n2)cc(OC)c1OC. The molecule has 0 atom stereocenters. The van der Waals surface area contributed by atoms with Crippen LogP contribution in [0.1, 0.15) is 28.9 Å². The van der Waals surface area contributed by atoms with Gasteiger partial charge in [0.2, 0.25) is 11.7 Å². The molecule has 2 heterocycles. The van der Waals surface area contributed by atoms with E-state index in [2.05, 4.69) is 10.3 Å². The van der Waals surface area contributed by atoms with Gasteiger partial charge in [-0.05, 0) is 42.7 Å². The molecule has 0 bridgehead atoms. The lowest BCUT2D eigenvalue weighted by molar-refractivity contribution is -0.141. The first-order chi connectivity index (χ1) is 18.9. The molecule has 206 valence electrons. The van der Waals surface area contributed by atoms with Crippen LogP contribution in [0.5, 0.6) is 23.0 Å². The minimum atomic E-state index is -0.404. The zero-order chi connectivity index (χ0) is 27.9. The molecule has 1 saturated heterocycles. The summed E-state index contributed by atoms with van der Waals surface area (Å²) in [6.45, 7) is 0.513. The first kappa shape index (κ1) is 27.5. The van der Waals surface area contributed by atoms with Crippen LogP contribution in [0.2, 0.25) is 0 Å². The van der Waals surface area contributed by atoms with Gasteiger partial charge in [-0.1, -0.05) is 12.1 Å². The molecular weight excluding hydrogens is 504 g/mol. The molecule has 1 aliphatic rings. The quantitative estimate of drug-likeness (QED) is 0.420. The number of pyridine rings is 1. The van der Waals surface area contributed by atoms with E-state index >= 15 is 0 Å². The van der Waals surface area contributed by atoms with Gasteiger partial charge in [0, 0.05) is 31.0 Å². The van der Waals surface area contributed by atoms with Crippen molar-refractivity contribution in [2.24, 2.45) is 0 Å². The van der Waals surface area contributed by atoms with E-state index in [0.29, 0.717) is 54.4 Å². The standard InChI is InChI=1S/C28H32N4O7/c1-36-22-16-21(30-20-9-6-5-8-19(20)22)28(35)32-13-7-12-31(32)26(34)17-29-25(33)11-10-18-14-23(37-2)27(39-4)24(15-18)38-3/h5-6,8-9,14-16H,7,10-13,17H2,1-4H3,(H,29,33). The number of hydrogen-bond donors (Lipinski definition) is 1. The van der Waals surface area contributed by atoms with E-state index in [4.69, 9.17) is 18.9 Å². The first-order valence-electron chi connectivity index (χ1n) is 12.5. The fraction of sp³-hybridized carbons (Fsp3) is 0.357. The second-order valence-corrected chi connectivity index (χ2v) is 8.84. The van der Waals surface area contributed by atoms with Crippen molar-refractivity contribution in [3.8, 4) is 23.0 Å². The molecule has 2 aromatic carbocycles. The predicted molar refractivity (Wildman–Crippen MR) is 143 cm³/mol. The van der Waals surface area contributed by atoms with Crippen molar-refractivity contribution >= 4 is 28.6 Å². The highest BCUT2D eigenvalue weighted by molar-refractivity contribution is 5.98. The van der Waals surface area contributed by atoms with Crippen LogP contribution in [0.15, 0.2) is 42.5 Å². The monoisotopic (exact) mass is 536 g/mol. The molecule has 39 heavy (non-hydrogen) atoms. The Kier molecular flexibility index (Phi) is 8.70. The molecule has 0 radical (unpaired) electrons.